The van der Waals surface area contributed by atoms with E-state index in [0.717, 1.165) is 43.6 Å². The van der Waals surface area contributed by atoms with Crippen molar-refractivity contribution in [1.82, 2.24) is 9.88 Å². The maximum atomic E-state index is 13.5. The number of carbonyl (C=O) groups excluding carboxylic acids is 1. The summed E-state index contributed by atoms with van der Waals surface area (Å²) in [7, 11) is 0. The van der Waals surface area contributed by atoms with Crippen LogP contribution in [0.15, 0.2) is 54.7 Å². The third-order valence-corrected chi connectivity index (χ3v) is 6.10. The van der Waals surface area contributed by atoms with Gasteiger partial charge in [-0.15, -0.1) is 0 Å². The average molecular weight is 481 g/mol. The van der Waals surface area contributed by atoms with Gasteiger partial charge in [0, 0.05) is 68.5 Å². The van der Waals surface area contributed by atoms with Crippen molar-refractivity contribution in [2.75, 3.05) is 41.7 Å². The van der Waals surface area contributed by atoms with Crippen LogP contribution in [0.5, 0.6) is 0 Å². The average Bonchev–Trinajstić information content (AvgIpc) is 2.82. The molecule has 0 aliphatic carbocycles. The summed E-state index contributed by atoms with van der Waals surface area (Å²) in [4.78, 5) is 21.0. The molecule has 4 rings (SSSR count). The Balaban J connectivity index is 1.48. The predicted octanol–water partition coefficient (Wildman–Crippen LogP) is 4.34. The largest absolute Gasteiger partial charge is 0.380 e. The number of hydrogen-bond acceptors (Lipinski definition) is 6. The van der Waals surface area contributed by atoms with Crippen LogP contribution in [-0.4, -0.2) is 48.0 Å². The van der Waals surface area contributed by atoms with E-state index in [1.807, 2.05) is 12.1 Å². The van der Waals surface area contributed by atoms with E-state index in [1.165, 1.54) is 18.3 Å². The number of nitrogens with one attached hydrogen (secondary N) is 2. The van der Waals surface area contributed by atoms with Gasteiger partial charge in [0.05, 0.1) is 11.3 Å². The van der Waals surface area contributed by atoms with Gasteiger partial charge in [0.2, 0.25) is 0 Å². The number of nitrogens with two attached hydrogens (primary N) is 1. The van der Waals surface area contributed by atoms with Gasteiger partial charge in [0.25, 0.3) is 5.91 Å². The maximum absolute atomic E-state index is 13.5. The molecule has 2 heterocycles. The standard InChI is InChI=1S/C26H30F2N6O/c1-17(2)33-6-8-34(9-7-33)22-5-3-4-21(13-22)32-25-14-24(23(16-31-25)26(29)35)30-15-18-10-19(27)12-20(28)11-18/h3-5,10-14,16-17H,6-9,15H2,1-2H3,(H2,29,35)(H2,30,31,32). The number of anilines is 4. The maximum Gasteiger partial charge on any atom is 0.252 e. The van der Waals surface area contributed by atoms with Crippen molar-refractivity contribution < 1.29 is 13.6 Å². The molecule has 9 heteroatoms. The summed E-state index contributed by atoms with van der Waals surface area (Å²) in [5.41, 5.74) is 8.47. The van der Waals surface area contributed by atoms with Crippen molar-refractivity contribution in [3.8, 4) is 0 Å². The first kappa shape index (κ1) is 24.4. The molecule has 0 bridgehead atoms. The lowest BCUT2D eigenvalue weighted by atomic mass is 10.1. The molecule has 4 N–H and O–H groups in total. The first-order chi connectivity index (χ1) is 16.8. The number of nitrogens with zero attached hydrogens (tertiary/aromatic N) is 3. The van der Waals surface area contributed by atoms with E-state index in [4.69, 9.17) is 5.73 Å². The summed E-state index contributed by atoms with van der Waals surface area (Å²) in [6, 6.07) is 13.6. The van der Waals surface area contributed by atoms with Crippen molar-refractivity contribution in [2.24, 2.45) is 5.73 Å². The molecule has 1 aliphatic rings. The number of rotatable bonds is 8. The molecule has 1 fully saturated rings. The Morgan fingerprint density at radius 3 is 2.43 bits per heavy atom. The molecule has 0 spiro atoms. The number of benzene rings is 2. The Hall–Kier alpha value is -3.72. The first-order valence-electron chi connectivity index (χ1n) is 11.6. The smallest absolute Gasteiger partial charge is 0.252 e. The third-order valence-electron chi connectivity index (χ3n) is 6.10. The minimum atomic E-state index is -0.667. The number of amides is 1. The van der Waals surface area contributed by atoms with Crippen molar-refractivity contribution in [1.29, 1.82) is 0 Å². The fourth-order valence-electron chi connectivity index (χ4n) is 4.20. The number of piperazine rings is 1. The molecule has 184 valence electrons. The van der Waals surface area contributed by atoms with Crippen LogP contribution in [0.4, 0.5) is 31.7 Å². The lowest BCUT2D eigenvalue weighted by Crippen LogP contribution is -2.48. The second kappa shape index (κ2) is 10.7. The van der Waals surface area contributed by atoms with Crippen LogP contribution >= 0.6 is 0 Å². The highest BCUT2D eigenvalue weighted by molar-refractivity contribution is 5.98. The van der Waals surface area contributed by atoms with Gasteiger partial charge in [-0.25, -0.2) is 13.8 Å². The summed E-state index contributed by atoms with van der Waals surface area (Å²) in [5.74, 6) is -1.48. The summed E-state index contributed by atoms with van der Waals surface area (Å²) >= 11 is 0. The lowest BCUT2D eigenvalue weighted by molar-refractivity contribution is 0.100. The number of primary amides is 1. The monoisotopic (exact) mass is 480 g/mol. The summed E-state index contributed by atoms with van der Waals surface area (Å²) in [5, 5.41) is 6.31. The molecule has 1 aliphatic heterocycles. The molecule has 3 aromatic rings. The molecular weight excluding hydrogens is 450 g/mol. The normalized spacial score (nSPS) is 14.3. The van der Waals surface area contributed by atoms with Crippen LogP contribution in [0, 0.1) is 11.6 Å². The minimum Gasteiger partial charge on any atom is -0.380 e. The second-order valence-corrected chi connectivity index (χ2v) is 8.90. The number of halogens is 2. The Morgan fingerprint density at radius 2 is 1.77 bits per heavy atom. The number of aromatic nitrogens is 1. The SMILES string of the molecule is CC(C)N1CCN(c2cccc(Nc3cc(NCc4cc(F)cc(F)c4)c(C(N)=O)cn3)c2)CC1. The fourth-order valence-corrected chi connectivity index (χ4v) is 4.20. The van der Waals surface area contributed by atoms with E-state index in [2.05, 4.69) is 51.4 Å². The van der Waals surface area contributed by atoms with Gasteiger partial charge in [-0.05, 0) is 49.7 Å². The van der Waals surface area contributed by atoms with Gasteiger partial charge >= 0.3 is 0 Å². The predicted molar refractivity (Wildman–Crippen MR) is 135 cm³/mol. The molecule has 2 aromatic carbocycles. The Morgan fingerprint density at radius 1 is 1.06 bits per heavy atom. The second-order valence-electron chi connectivity index (χ2n) is 8.90. The van der Waals surface area contributed by atoms with Gasteiger partial charge in [0.1, 0.15) is 17.5 Å². The van der Waals surface area contributed by atoms with E-state index in [0.29, 0.717) is 23.1 Å². The zero-order valence-electron chi connectivity index (χ0n) is 19.9. The highest BCUT2D eigenvalue weighted by Crippen LogP contribution is 2.26. The van der Waals surface area contributed by atoms with Gasteiger partial charge in [-0.3, -0.25) is 9.69 Å². The highest BCUT2D eigenvalue weighted by atomic mass is 19.1. The molecule has 0 saturated carbocycles. The molecular formula is C26H30F2N6O. The molecule has 7 nitrogen and oxygen atoms in total. The summed E-state index contributed by atoms with van der Waals surface area (Å²) < 4.78 is 27.0. The molecule has 0 radical (unpaired) electrons. The summed E-state index contributed by atoms with van der Waals surface area (Å²) in [6.45, 7) is 8.51. The number of hydrogen-bond donors (Lipinski definition) is 3. The number of pyridine rings is 1. The van der Waals surface area contributed by atoms with E-state index < -0.39 is 17.5 Å². The molecule has 1 aromatic heterocycles. The van der Waals surface area contributed by atoms with Gasteiger partial charge in [-0.1, -0.05) is 6.07 Å². The third kappa shape index (κ3) is 6.24. The lowest BCUT2D eigenvalue weighted by Gasteiger charge is -2.38. The summed E-state index contributed by atoms with van der Waals surface area (Å²) in [6.07, 6.45) is 1.38. The van der Waals surface area contributed by atoms with Crippen LogP contribution in [0.3, 0.4) is 0 Å². The van der Waals surface area contributed by atoms with Crippen LogP contribution in [0.2, 0.25) is 0 Å². The first-order valence-corrected chi connectivity index (χ1v) is 11.6. The molecule has 0 unspecified atom stereocenters. The quantitative estimate of drug-likeness (QED) is 0.445. The van der Waals surface area contributed by atoms with Crippen LogP contribution < -0.4 is 21.3 Å². The van der Waals surface area contributed by atoms with Gasteiger partial charge in [0.15, 0.2) is 0 Å². The van der Waals surface area contributed by atoms with Gasteiger partial charge in [-0.2, -0.15) is 0 Å². The Bertz CT molecular complexity index is 1170. The molecule has 1 amide bonds. The topological polar surface area (TPSA) is 86.5 Å². The Labute approximate surface area is 203 Å². The minimum absolute atomic E-state index is 0.107. The van der Waals surface area contributed by atoms with Crippen LogP contribution in [0.25, 0.3) is 0 Å². The van der Waals surface area contributed by atoms with Crippen molar-refractivity contribution in [3.05, 3.63) is 77.5 Å². The van der Waals surface area contributed by atoms with Crippen molar-refractivity contribution >= 4 is 28.8 Å². The molecule has 35 heavy (non-hydrogen) atoms. The zero-order valence-corrected chi connectivity index (χ0v) is 19.9. The highest BCUT2D eigenvalue weighted by Gasteiger charge is 2.19. The van der Waals surface area contributed by atoms with Crippen LogP contribution in [-0.2, 0) is 6.54 Å². The molecule has 1 saturated heterocycles. The van der Waals surface area contributed by atoms with E-state index >= 15 is 0 Å². The van der Waals surface area contributed by atoms with E-state index in [1.54, 1.807) is 6.07 Å². The van der Waals surface area contributed by atoms with Crippen LogP contribution in [0.1, 0.15) is 29.8 Å². The van der Waals surface area contributed by atoms with E-state index in [9.17, 15) is 13.6 Å². The fraction of sp³-hybridized carbons (Fsp3) is 0.308. The molecule has 0 atom stereocenters. The van der Waals surface area contributed by atoms with Crippen molar-refractivity contribution in [3.63, 3.8) is 0 Å². The van der Waals surface area contributed by atoms with E-state index in [-0.39, 0.29) is 12.1 Å². The number of carbonyl (C=O) groups is 1. The zero-order chi connectivity index (χ0) is 24.9. The van der Waals surface area contributed by atoms with Crippen molar-refractivity contribution in [2.45, 2.75) is 26.4 Å². The Kier molecular flexibility index (Phi) is 7.45. The van der Waals surface area contributed by atoms with Gasteiger partial charge < -0.3 is 21.3 Å².